The van der Waals surface area contributed by atoms with E-state index in [-0.39, 0.29) is 18.1 Å². The molecule has 1 saturated carbocycles. The minimum absolute atomic E-state index is 0.0412. The molecule has 1 saturated heterocycles. The van der Waals surface area contributed by atoms with Gasteiger partial charge >= 0.3 is 5.97 Å². The molecule has 3 heterocycles. The van der Waals surface area contributed by atoms with Gasteiger partial charge < -0.3 is 19.6 Å². The maximum atomic E-state index is 13.0. The fraction of sp³-hybridized carbons (Fsp3) is 0.483. The molecule has 2 aliphatic heterocycles. The van der Waals surface area contributed by atoms with Gasteiger partial charge in [-0.05, 0) is 73.7 Å². The fourth-order valence-electron chi connectivity index (χ4n) is 7.96. The Morgan fingerprint density at radius 1 is 1.31 bits per heavy atom. The first kappa shape index (κ1) is 21.6. The number of aromatic nitrogens is 1. The van der Waals surface area contributed by atoms with Crippen molar-refractivity contribution < 1.29 is 19.4 Å². The predicted molar refractivity (Wildman–Crippen MR) is 138 cm³/mol. The van der Waals surface area contributed by atoms with Gasteiger partial charge in [0.15, 0.2) is 17.6 Å². The summed E-state index contributed by atoms with van der Waals surface area (Å²) in [7, 11) is 0. The van der Waals surface area contributed by atoms with Crippen molar-refractivity contribution >= 4 is 28.6 Å². The maximum Gasteiger partial charge on any atom is 0.308 e. The molecule has 6 nitrogen and oxygen atoms in total. The van der Waals surface area contributed by atoms with Crippen LogP contribution < -0.4 is 9.47 Å². The lowest BCUT2D eigenvalue weighted by atomic mass is 9.49. The van der Waals surface area contributed by atoms with Gasteiger partial charge in [0.1, 0.15) is 0 Å². The SMILES string of the molecule is CSc1ccc2c3c([nH]c2c1)C1Oc2c(OC(C)=O)ccc4c2C12CCN(CC1CC1)C(C4)C2(O)C3. The van der Waals surface area contributed by atoms with Gasteiger partial charge in [0.05, 0.1) is 16.7 Å². The number of ether oxygens (including phenoxy) is 2. The molecular formula is C29H30N2O4S. The molecule has 4 unspecified atom stereocenters. The number of benzene rings is 2. The van der Waals surface area contributed by atoms with Crippen molar-refractivity contribution in [3.8, 4) is 11.5 Å². The Bertz CT molecular complexity index is 1460. The molecule has 7 heteroatoms. The third-order valence-electron chi connectivity index (χ3n) is 9.61. The molecule has 0 radical (unpaired) electrons. The van der Waals surface area contributed by atoms with Crippen molar-refractivity contribution in [1.82, 2.24) is 9.88 Å². The lowest BCUT2D eigenvalue weighted by Gasteiger charge is -2.62. The fourth-order valence-corrected chi connectivity index (χ4v) is 8.40. The second kappa shape index (κ2) is 7.09. The normalized spacial score (nSPS) is 31.6. The molecule has 3 aliphatic carbocycles. The van der Waals surface area contributed by atoms with Gasteiger partial charge in [0.2, 0.25) is 0 Å². The predicted octanol–water partition coefficient (Wildman–Crippen LogP) is 4.51. The van der Waals surface area contributed by atoms with Crippen LogP contribution in [-0.2, 0) is 23.1 Å². The Labute approximate surface area is 214 Å². The van der Waals surface area contributed by atoms with Crippen molar-refractivity contribution in [2.24, 2.45) is 5.92 Å². The van der Waals surface area contributed by atoms with Crippen LogP contribution >= 0.6 is 11.8 Å². The molecule has 2 bridgehead atoms. The smallest absolute Gasteiger partial charge is 0.308 e. The summed E-state index contributed by atoms with van der Waals surface area (Å²) in [6.07, 6.45) is 6.57. The number of H-pyrrole nitrogens is 1. The van der Waals surface area contributed by atoms with E-state index in [1.165, 1.54) is 41.2 Å². The highest BCUT2D eigenvalue weighted by atomic mass is 32.2. The molecule has 3 aromatic rings. The Morgan fingerprint density at radius 3 is 2.94 bits per heavy atom. The topological polar surface area (TPSA) is 74.8 Å². The Hall–Kier alpha value is -2.48. The first-order valence-electron chi connectivity index (χ1n) is 13.1. The first-order chi connectivity index (χ1) is 17.4. The quantitative estimate of drug-likeness (QED) is 0.311. The van der Waals surface area contributed by atoms with Crippen LogP contribution in [0.15, 0.2) is 35.2 Å². The number of aromatic amines is 1. The van der Waals surface area contributed by atoms with Gasteiger partial charge in [-0.1, -0.05) is 12.1 Å². The molecule has 2 fully saturated rings. The number of nitrogens with one attached hydrogen (secondary N) is 1. The number of rotatable bonds is 4. The van der Waals surface area contributed by atoms with E-state index in [0.717, 1.165) is 48.6 Å². The molecule has 1 aromatic heterocycles. The van der Waals surface area contributed by atoms with E-state index >= 15 is 0 Å². The van der Waals surface area contributed by atoms with Gasteiger partial charge in [-0.3, -0.25) is 9.69 Å². The van der Waals surface area contributed by atoms with Crippen LogP contribution in [0, 0.1) is 5.92 Å². The van der Waals surface area contributed by atoms with E-state index in [9.17, 15) is 9.90 Å². The highest BCUT2D eigenvalue weighted by Crippen LogP contribution is 2.69. The Balaban J connectivity index is 1.38. The van der Waals surface area contributed by atoms with Crippen LogP contribution in [0.5, 0.6) is 11.5 Å². The molecule has 0 amide bonds. The summed E-state index contributed by atoms with van der Waals surface area (Å²) < 4.78 is 12.5. The van der Waals surface area contributed by atoms with Crippen molar-refractivity contribution in [2.75, 3.05) is 19.3 Å². The average Bonchev–Trinajstić information content (AvgIpc) is 3.49. The molecule has 4 atom stereocenters. The summed E-state index contributed by atoms with van der Waals surface area (Å²) in [5.74, 6) is 1.52. The summed E-state index contributed by atoms with van der Waals surface area (Å²) in [4.78, 5) is 19.5. The van der Waals surface area contributed by atoms with Crippen molar-refractivity contribution in [3.63, 3.8) is 0 Å². The molecular weight excluding hydrogens is 472 g/mol. The molecule has 36 heavy (non-hydrogen) atoms. The van der Waals surface area contributed by atoms with Crippen LogP contribution in [0.1, 0.15) is 54.7 Å². The van der Waals surface area contributed by atoms with Crippen LogP contribution in [0.3, 0.4) is 0 Å². The number of aliphatic hydroxyl groups is 1. The van der Waals surface area contributed by atoms with Crippen LogP contribution in [-0.4, -0.2) is 51.9 Å². The van der Waals surface area contributed by atoms with Gasteiger partial charge in [-0.25, -0.2) is 0 Å². The number of esters is 1. The zero-order valence-electron chi connectivity index (χ0n) is 20.6. The molecule has 1 spiro atoms. The summed E-state index contributed by atoms with van der Waals surface area (Å²) >= 11 is 1.73. The molecule has 2 N–H and O–H groups in total. The number of fused-ring (bicyclic) bond motifs is 4. The number of thioether (sulfide) groups is 1. The monoisotopic (exact) mass is 502 g/mol. The van der Waals surface area contributed by atoms with Crippen molar-refractivity contribution in [3.05, 3.63) is 52.7 Å². The van der Waals surface area contributed by atoms with Crippen LogP contribution in [0.25, 0.3) is 10.9 Å². The number of piperidine rings is 1. The number of nitrogens with zero attached hydrogens (tertiary/aromatic N) is 1. The van der Waals surface area contributed by atoms with Crippen LogP contribution in [0.4, 0.5) is 0 Å². The number of carbonyl (C=O) groups excluding carboxylic acids is 1. The minimum Gasteiger partial charge on any atom is -0.479 e. The Morgan fingerprint density at radius 2 is 2.17 bits per heavy atom. The van der Waals surface area contributed by atoms with E-state index in [2.05, 4.69) is 40.4 Å². The molecule has 8 rings (SSSR count). The number of hydrogen-bond acceptors (Lipinski definition) is 6. The molecule has 2 aromatic carbocycles. The number of likely N-dealkylation sites (tertiary alicyclic amines) is 1. The second-order valence-electron chi connectivity index (χ2n) is 11.4. The summed E-state index contributed by atoms with van der Waals surface area (Å²) in [6, 6.07) is 10.6. The van der Waals surface area contributed by atoms with Gasteiger partial charge in [-0.2, -0.15) is 0 Å². The van der Waals surface area contributed by atoms with Gasteiger partial charge in [0, 0.05) is 47.3 Å². The van der Waals surface area contributed by atoms with E-state index in [1.807, 2.05) is 6.07 Å². The van der Waals surface area contributed by atoms with Crippen molar-refractivity contribution in [1.29, 1.82) is 0 Å². The number of carbonyl (C=O) groups is 1. The van der Waals surface area contributed by atoms with E-state index in [0.29, 0.717) is 17.9 Å². The summed E-state index contributed by atoms with van der Waals surface area (Å²) in [6.45, 7) is 3.45. The van der Waals surface area contributed by atoms with Crippen molar-refractivity contribution in [2.45, 2.75) is 67.1 Å². The third-order valence-corrected chi connectivity index (χ3v) is 10.3. The lowest BCUT2D eigenvalue weighted by molar-refractivity contribution is -0.173. The highest BCUT2D eigenvalue weighted by molar-refractivity contribution is 7.98. The number of hydrogen-bond donors (Lipinski definition) is 2. The largest absolute Gasteiger partial charge is 0.479 e. The van der Waals surface area contributed by atoms with E-state index < -0.39 is 11.0 Å². The summed E-state index contributed by atoms with van der Waals surface area (Å²) in [5.41, 5.74) is 4.11. The second-order valence-corrected chi connectivity index (χ2v) is 12.3. The zero-order valence-corrected chi connectivity index (χ0v) is 21.4. The average molecular weight is 503 g/mol. The Kier molecular flexibility index (Phi) is 4.25. The van der Waals surface area contributed by atoms with Crippen LogP contribution in [0.2, 0.25) is 0 Å². The molecule has 5 aliphatic rings. The maximum absolute atomic E-state index is 13.0. The van der Waals surface area contributed by atoms with E-state index in [1.54, 1.807) is 11.8 Å². The highest BCUT2D eigenvalue weighted by Gasteiger charge is 2.73. The standard InChI is InChI=1S/C29H30N2O4S/c1-15(32)34-22-8-5-17-11-23-29(33)13-20-19-7-6-18(36-2)12-21(19)30-25(20)27-28(29,24(17)26(22)35-27)9-10-31(23)14-16-3-4-16/h5-8,12,16,23,27,30,33H,3-4,9-11,13-14H2,1-2H3. The first-order valence-corrected chi connectivity index (χ1v) is 14.3. The van der Waals surface area contributed by atoms with Gasteiger partial charge in [-0.15, -0.1) is 11.8 Å². The lowest BCUT2D eigenvalue weighted by Crippen LogP contribution is -2.74. The minimum atomic E-state index is -0.960. The van der Waals surface area contributed by atoms with Gasteiger partial charge in [0.25, 0.3) is 0 Å². The summed E-state index contributed by atoms with van der Waals surface area (Å²) in [5, 5.41) is 14.1. The van der Waals surface area contributed by atoms with E-state index in [4.69, 9.17) is 9.47 Å². The molecule has 186 valence electrons. The zero-order chi connectivity index (χ0) is 24.4. The third kappa shape index (κ3) is 2.59.